The second-order valence-electron chi connectivity index (χ2n) is 5.79. The highest BCUT2D eigenvalue weighted by atomic mass is 35.5. The molecule has 2 aromatic heterocycles. The normalized spacial score (nSPS) is 17.3. The average Bonchev–Trinajstić information content (AvgIpc) is 3.16. The summed E-state index contributed by atoms with van der Waals surface area (Å²) >= 11 is 7.29. The molecule has 0 saturated carbocycles. The van der Waals surface area contributed by atoms with Crippen LogP contribution in [0, 0.1) is 6.92 Å². The fraction of sp³-hybridized carbons (Fsp3) is 0.312. The molecule has 0 fully saturated rings. The van der Waals surface area contributed by atoms with Gasteiger partial charge >= 0.3 is 0 Å². The van der Waals surface area contributed by atoms with Crippen molar-refractivity contribution in [1.29, 1.82) is 0 Å². The first-order valence-corrected chi connectivity index (χ1v) is 8.84. The van der Waals surface area contributed by atoms with E-state index in [0.29, 0.717) is 33.0 Å². The van der Waals surface area contributed by atoms with Crippen LogP contribution in [0.2, 0.25) is 5.02 Å². The third-order valence-electron chi connectivity index (χ3n) is 4.19. The number of carbonyl (C=O) groups is 1. The first kappa shape index (κ1) is 16.4. The van der Waals surface area contributed by atoms with Gasteiger partial charge in [-0.1, -0.05) is 17.7 Å². The van der Waals surface area contributed by atoms with Gasteiger partial charge in [-0.15, -0.1) is 11.3 Å². The Balaban J connectivity index is 1.74. The van der Waals surface area contributed by atoms with E-state index in [1.165, 1.54) is 16.2 Å². The number of H-pyrrole nitrogens is 1. The number of hydrogen-bond acceptors (Lipinski definition) is 4. The molecule has 1 aromatic carbocycles. The lowest BCUT2D eigenvalue weighted by Crippen LogP contribution is -2.43. The fourth-order valence-corrected chi connectivity index (χ4v) is 4.42. The van der Waals surface area contributed by atoms with Crippen LogP contribution in [0.5, 0.6) is 0 Å². The van der Waals surface area contributed by atoms with Gasteiger partial charge < -0.3 is 9.88 Å². The maximum atomic E-state index is 13.7. The molecular weight excluding hydrogens is 370 g/mol. The van der Waals surface area contributed by atoms with E-state index >= 15 is 0 Å². The van der Waals surface area contributed by atoms with Crippen molar-refractivity contribution in [3.05, 3.63) is 44.6 Å². The maximum Gasteiger partial charge on any atom is 0.290 e. The maximum absolute atomic E-state index is 13.7. The summed E-state index contributed by atoms with van der Waals surface area (Å²) in [7, 11) is 0. The predicted molar refractivity (Wildman–Crippen MR) is 91.4 cm³/mol. The van der Waals surface area contributed by atoms with Crippen LogP contribution in [0.3, 0.4) is 0 Å². The smallest absolute Gasteiger partial charge is 0.290 e. The number of alkyl halides is 2. The van der Waals surface area contributed by atoms with Crippen molar-refractivity contribution in [2.45, 2.75) is 25.8 Å². The van der Waals surface area contributed by atoms with Crippen molar-refractivity contribution in [2.24, 2.45) is 0 Å². The number of aromatic amines is 1. The van der Waals surface area contributed by atoms with Crippen molar-refractivity contribution in [3.63, 3.8) is 0 Å². The van der Waals surface area contributed by atoms with Crippen molar-refractivity contribution in [1.82, 2.24) is 19.9 Å². The molecule has 0 unspecified atom stereocenters. The zero-order valence-electron chi connectivity index (χ0n) is 13.1. The van der Waals surface area contributed by atoms with E-state index in [4.69, 9.17) is 11.6 Å². The molecule has 1 aliphatic rings. The summed E-state index contributed by atoms with van der Waals surface area (Å²) in [5.74, 6) is -0.548. The molecule has 25 heavy (non-hydrogen) atoms. The number of carbonyl (C=O) groups excluding carboxylic acids is 1. The average molecular weight is 383 g/mol. The lowest BCUT2D eigenvalue weighted by atomic mass is 10.1. The molecule has 0 spiro atoms. The summed E-state index contributed by atoms with van der Waals surface area (Å²) in [5, 5.41) is 1.12. The summed E-state index contributed by atoms with van der Waals surface area (Å²) in [4.78, 5) is 25.9. The van der Waals surface area contributed by atoms with Crippen LogP contribution in [0.25, 0.3) is 11.0 Å². The second kappa shape index (κ2) is 6.03. The molecule has 3 heterocycles. The number of imidazole rings is 1. The summed E-state index contributed by atoms with van der Waals surface area (Å²) in [6.07, 6.45) is -2.24. The fourth-order valence-electron chi connectivity index (χ4n) is 3.12. The van der Waals surface area contributed by atoms with Crippen LogP contribution < -0.4 is 0 Å². The minimum Gasteiger partial charge on any atom is -0.334 e. The topological polar surface area (TPSA) is 61.9 Å². The van der Waals surface area contributed by atoms with E-state index < -0.39 is 18.4 Å². The van der Waals surface area contributed by atoms with Gasteiger partial charge in [0, 0.05) is 13.0 Å². The number of hydrogen-bond donors (Lipinski definition) is 1. The first-order chi connectivity index (χ1) is 12.0. The lowest BCUT2D eigenvalue weighted by molar-refractivity contribution is 0.0170. The Morgan fingerprint density at radius 2 is 2.24 bits per heavy atom. The number of aryl methyl sites for hydroxylation is 1. The Bertz CT molecular complexity index is 970. The molecular formula is C16H13ClF2N4OS. The van der Waals surface area contributed by atoms with Gasteiger partial charge in [-0.3, -0.25) is 4.79 Å². The van der Waals surface area contributed by atoms with Gasteiger partial charge in [-0.05, 0) is 19.1 Å². The number of halogens is 3. The van der Waals surface area contributed by atoms with Crippen molar-refractivity contribution < 1.29 is 13.6 Å². The molecule has 1 amide bonds. The Kier molecular flexibility index (Phi) is 3.96. The quantitative estimate of drug-likeness (QED) is 0.729. The van der Waals surface area contributed by atoms with Gasteiger partial charge in [0.25, 0.3) is 12.3 Å². The van der Waals surface area contributed by atoms with Gasteiger partial charge in [-0.25, -0.2) is 18.7 Å². The molecule has 130 valence electrons. The Morgan fingerprint density at radius 1 is 1.44 bits per heavy atom. The van der Waals surface area contributed by atoms with Gasteiger partial charge in [0.15, 0.2) is 5.82 Å². The number of fused-ring (bicyclic) bond motifs is 2. The highest BCUT2D eigenvalue weighted by molar-refractivity contribution is 7.11. The lowest BCUT2D eigenvalue weighted by Gasteiger charge is -2.33. The number of aromatic nitrogens is 3. The molecule has 1 N–H and O–H groups in total. The number of nitrogens with zero attached hydrogens (tertiary/aromatic N) is 3. The van der Waals surface area contributed by atoms with Crippen LogP contribution in [0.15, 0.2) is 18.2 Å². The van der Waals surface area contributed by atoms with Crippen molar-refractivity contribution in [2.75, 3.05) is 6.54 Å². The third kappa shape index (κ3) is 2.69. The molecule has 0 aliphatic carbocycles. The van der Waals surface area contributed by atoms with Gasteiger partial charge in [0.2, 0.25) is 0 Å². The predicted octanol–water partition coefficient (Wildman–Crippen LogP) is 3.99. The summed E-state index contributed by atoms with van der Waals surface area (Å²) in [6.45, 7) is 1.95. The van der Waals surface area contributed by atoms with Gasteiger partial charge in [-0.2, -0.15) is 0 Å². The molecule has 3 aromatic rings. The number of rotatable bonds is 2. The van der Waals surface area contributed by atoms with E-state index in [-0.39, 0.29) is 12.4 Å². The molecule has 5 nitrogen and oxygen atoms in total. The minimum absolute atomic E-state index is 0.0124. The number of amides is 1. The largest absolute Gasteiger partial charge is 0.334 e. The van der Waals surface area contributed by atoms with Crippen LogP contribution in [-0.2, 0) is 6.42 Å². The second-order valence-corrected chi connectivity index (χ2v) is 7.44. The molecule has 0 saturated heterocycles. The zero-order valence-corrected chi connectivity index (χ0v) is 14.7. The molecule has 4 rings (SSSR count). The molecule has 1 aliphatic heterocycles. The van der Waals surface area contributed by atoms with Gasteiger partial charge in [0.1, 0.15) is 11.6 Å². The van der Waals surface area contributed by atoms with Crippen LogP contribution in [0.4, 0.5) is 8.78 Å². The van der Waals surface area contributed by atoms with E-state index in [1.54, 1.807) is 25.1 Å². The van der Waals surface area contributed by atoms with E-state index in [9.17, 15) is 13.6 Å². The van der Waals surface area contributed by atoms with Gasteiger partial charge in [0.05, 0.1) is 26.1 Å². The number of thiazole rings is 1. The minimum atomic E-state index is -2.70. The molecule has 0 bridgehead atoms. The SMILES string of the molecule is Cc1nc2c(s1)[C@@H](C(F)F)N(C(=O)c1nc3c(Cl)cccc3[nH]1)CC2. The highest BCUT2D eigenvalue weighted by Crippen LogP contribution is 2.38. The van der Waals surface area contributed by atoms with E-state index in [1.807, 2.05) is 0 Å². The van der Waals surface area contributed by atoms with Crippen molar-refractivity contribution >= 4 is 39.9 Å². The first-order valence-electron chi connectivity index (χ1n) is 7.65. The Hall–Kier alpha value is -2.06. The van der Waals surface area contributed by atoms with E-state index in [0.717, 1.165) is 5.01 Å². The highest BCUT2D eigenvalue weighted by Gasteiger charge is 2.40. The van der Waals surface area contributed by atoms with Crippen LogP contribution >= 0.6 is 22.9 Å². The monoisotopic (exact) mass is 382 g/mol. The van der Waals surface area contributed by atoms with Crippen molar-refractivity contribution in [3.8, 4) is 0 Å². The van der Waals surface area contributed by atoms with Crippen LogP contribution in [0.1, 0.15) is 32.2 Å². The summed E-state index contributed by atoms with van der Waals surface area (Å²) < 4.78 is 27.5. The number of benzene rings is 1. The Labute approximate surface area is 150 Å². The van der Waals surface area contributed by atoms with Crippen LogP contribution in [-0.4, -0.2) is 38.7 Å². The molecule has 0 radical (unpaired) electrons. The zero-order chi connectivity index (χ0) is 17.7. The molecule has 9 heteroatoms. The summed E-state index contributed by atoms with van der Waals surface area (Å²) in [5.41, 5.74) is 1.70. The third-order valence-corrected chi connectivity index (χ3v) is 5.58. The number of nitrogens with one attached hydrogen (secondary N) is 1. The summed E-state index contributed by atoms with van der Waals surface area (Å²) in [6, 6.07) is 3.82. The standard InChI is InChI=1S/C16H13ClF2N4OS/c1-7-20-10-5-6-23(12(14(18)19)13(10)25-7)16(24)15-21-9-4-2-3-8(17)11(9)22-15/h2-4,12,14H,5-6H2,1H3,(H,21,22)/t12-/m0/s1. The Morgan fingerprint density at radius 3 is 2.96 bits per heavy atom. The van der Waals surface area contributed by atoms with E-state index in [2.05, 4.69) is 15.0 Å². The number of para-hydroxylation sites is 1. The molecule has 1 atom stereocenters.